The lowest BCUT2D eigenvalue weighted by atomic mass is 10.0. The highest BCUT2D eigenvalue weighted by atomic mass is 35.5. The van der Waals surface area contributed by atoms with Crippen LogP contribution >= 0.6 is 34.5 Å². The van der Waals surface area contributed by atoms with Gasteiger partial charge in [0.2, 0.25) is 11.0 Å². The van der Waals surface area contributed by atoms with Crippen LogP contribution in [0.5, 0.6) is 0 Å². The van der Waals surface area contributed by atoms with Crippen molar-refractivity contribution in [1.82, 2.24) is 15.5 Å². The van der Waals surface area contributed by atoms with Crippen molar-refractivity contribution in [2.24, 2.45) is 5.92 Å². The molecule has 2 aromatic rings. The lowest BCUT2D eigenvalue weighted by Crippen LogP contribution is -2.47. The third-order valence-corrected chi connectivity index (χ3v) is 4.16. The number of carbonyl (C=O) groups is 2. The molecule has 1 heterocycles. The summed E-state index contributed by atoms with van der Waals surface area (Å²) in [6.07, 6.45) is 0. The molecule has 1 aromatic heterocycles. The molecule has 0 bridgehead atoms. The molecule has 2 rings (SSSR count). The van der Waals surface area contributed by atoms with Gasteiger partial charge in [-0.15, -0.1) is 10.2 Å². The van der Waals surface area contributed by atoms with Crippen molar-refractivity contribution in [3.63, 3.8) is 0 Å². The van der Waals surface area contributed by atoms with Gasteiger partial charge < -0.3 is 5.32 Å². The second-order valence-corrected chi connectivity index (χ2v) is 6.73. The number of nitrogens with zero attached hydrogens (tertiary/aromatic N) is 2. The highest BCUT2D eigenvalue weighted by Crippen LogP contribution is 2.21. The minimum absolute atomic E-state index is 0.127. The van der Waals surface area contributed by atoms with Crippen LogP contribution in [0.25, 0.3) is 0 Å². The number of hydrogen-bond donors (Lipinski definition) is 2. The molecule has 2 N–H and O–H groups in total. The Morgan fingerprint density at radius 1 is 1.26 bits per heavy atom. The van der Waals surface area contributed by atoms with E-state index in [4.69, 9.17) is 23.2 Å². The molecule has 0 saturated carbocycles. The highest BCUT2D eigenvalue weighted by molar-refractivity contribution is 7.13. The number of benzene rings is 1. The van der Waals surface area contributed by atoms with Gasteiger partial charge in [0.15, 0.2) is 0 Å². The second kappa shape index (κ2) is 7.72. The zero-order valence-electron chi connectivity index (χ0n) is 12.3. The zero-order chi connectivity index (χ0) is 17.0. The smallest absolute Gasteiger partial charge is 0.253 e. The fraction of sp³-hybridized carbons (Fsp3) is 0.286. The van der Waals surface area contributed by atoms with Crippen LogP contribution in [0.4, 0.5) is 5.13 Å². The molecule has 0 aliphatic heterocycles. The van der Waals surface area contributed by atoms with E-state index >= 15 is 0 Å². The number of aromatic nitrogens is 2. The van der Waals surface area contributed by atoms with E-state index in [9.17, 15) is 9.59 Å². The molecule has 0 aliphatic rings. The molecule has 0 spiro atoms. The van der Waals surface area contributed by atoms with Gasteiger partial charge in [-0.05, 0) is 24.1 Å². The summed E-state index contributed by atoms with van der Waals surface area (Å²) in [6.45, 7) is 3.65. The maximum absolute atomic E-state index is 12.4. The number of rotatable bonds is 5. The van der Waals surface area contributed by atoms with Gasteiger partial charge in [-0.2, -0.15) is 0 Å². The summed E-state index contributed by atoms with van der Waals surface area (Å²) in [7, 11) is 0. The van der Waals surface area contributed by atoms with Crippen LogP contribution in [0.1, 0.15) is 24.2 Å². The van der Waals surface area contributed by atoms with E-state index in [0.717, 1.165) is 0 Å². The Balaban J connectivity index is 2.12. The molecule has 1 atom stereocenters. The molecular formula is C14H14Cl2N4O2S. The first-order chi connectivity index (χ1) is 10.9. The first-order valence-corrected chi connectivity index (χ1v) is 8.35. The van der Waals surface area contributed by atoms with Crippen LogP contribution in [0.2, 0.25) is 10.0 Å². The fourth-order valence-corrected chi connectivity index (χ4v) is 2.78. The number of hydrogen-bond acceptors (Lipinski definition) is 5. The number of nitrogens with one attached hydrogen (secondary N) is 2. The quantitative estimate of drug-likeness (QED) is 0.843. The Bertz CT molecular complexity index is 707. The van der Waals surface area contributed by atoms with Crippen molar-refractivity contribution in [1.29, 1.82) is 0 Å². The summed E-state index contributed by atoms with van der Waals surface area (Å²) in [5.74, 6) is -0.939. The van der Waals surface area contributed by atoms with Crippen LogP contribution in [0, 0.1) is 5.92 Å². The van der Waals surface area contributed by atoms with Crippen molar-refractivity contribution in [3.8, 4) is 0 Å². The van der Waals surface area contributed by atoms with Gasteiger partial charge in [0, 0.05) is 5.02 Å². The van der Waals surface area contributed by atoms with Gasteiger partial charge in [0.25, 0.3) is 5.91 Å². The van der Waals surface area contributed by atoms with Crippen molar-refractivity contribution in [2.75, 3.05) is 5.32 Å². The Morgan fingerprint density at radius 3 is 2.57 bits per heavy atom. The summed E-state index contributed by atoms with van der Waals surface area (Å²) in [5, 5.41) is 13.7. The van der Waals surface area contributed by atoms with Gasteiger partial charge in [-0.1, -0.05) is 48.4 Å². The van der Waals surface area contributed by atoms with Gasteiger partial charge in [0.1, 0.15) is 11.6 Å². The zero-order valence-corrected chi connectivity index (χ0v) is 14.7. The van der Waals surface area contributed by atoms with Crippen LogP contribution in [-0.4, -0.2) is 28.1 Å². The van der Waals surface area contributed by atoms with Crippen LogP contribution in [0.15, 0.2) is 23.7 Å². The predicted molar refractivity (Wildman–Crippen MR) is 91.1 cm³/mol. The van der Waals surface area contributed by atoms with E-state index in [1.54, 1.807) is 6.07 Å². The normalized spacial score (nSPS) is 12.0. The molecule has 0 saturated heterocycles. The lowest BCUT2D eigenvalue weighted by Gasteiger charge is -2.21. The van der Waals surface area contributed by atoms with Crippen molar-refractivity contribution in [2.45, 2.75) is 19.9 Å². The fourth-order valence-electron chi connectivity index (χ4n) is 1.84. The molecule has 0 aliphatic carbocycles. The Kier molecular flexibility index (Phi) is 5.92. The summed E-state index contributed by atoms with van der Waals surface area (Å²) >= 11 is 13.0. The predicted octanol–water partition coefficient (Wildman–Crippen LogP) is 3.24. The number of halogens is 2. The molecule has 9 heteroatoms. The molecule has 0 radical (unpaired) electrons. The summed E-state index contributed by atoms with van der Waals surface area (Å²) in [4.78, 5) is 24.7. The maximum atomic E-state index is 12.4. The van der Waals surface area contributed by atoms with Gasteiger partial charge in [-0.25, -0.2) is 0 Å². The third-order valence-electron chi connectivity index (χ3n) is 3.00. The number of amides is 2. The lowest BCUT2D eigenvalue weighted by molar-refractivity contribution is -0.118. The molecule has 2 amide bonds. The van der Waals surface area contributed by atoms with E-state index in [1.165, 1.54) is 29.0 Å². The molecule has 122 valence electrons. The summed E-state index contributed by atoms with van der Waals surface area (Å²) < 4.78 is 0. The molecular weight excluding hydrogens is 359 g/mol. The largest absolute Gasteiger partial charge is 0.340 e. The minimum Gasteiger partial charge on any atom is -0.340 e. The van der Waals surface area contributed by atoms with Gasteiger partial charge in [0.05, 0.1) is 10.6 Å². The Labute approximate surface area is 147 Å². The van der Waals surface area contributed by atoms with Crippen molar-refractivity contribution < 1.29 is 9.59 Å². The third kappa shape index (κ3) is 4.63. The Morgan fingerprint density at radius 2 is 2.00 bits per heavy atom. The standard InChI is InChI=1S/C14H14Cl2N4O2S/c1-7(2)11(13(22)19-14-20-17-6-23-14)18-12(21)9-4-3-8(15)5-10(9)16/h3-7,11H,1-2H3,(H,18,21)(H,19,20,22). The molecule has 1 aromatic carbocycles. The second-order valence-electron chi connectivity index (χ2n) is 5.05. The molecule has 6 nitrogen and oxygen atoms in total. The highest BCUT2D eigenvalue weighted by Gasteiger charge is 2.26. The maximum Gasteiger partial charge on any atom is 0.253 e. The first-order valence-electron chi connectivity index (χ1n) is 6.71. The summed E-state index contributed by atoms with van der Waals surface area (Å²) in [5.41, 5.74) is 1.76. The van der Waals surface area contributed by atoms with Gasteiger partial charge in [-0.3, -0.25) is 14.9 Å². The van der Waals surface area contributed by atoms with Crippen LogP contribution < -0.4 is 10.6 Å². The molecule has 1 unspecified atom stereocenters. The average molecular weight is 373 g/mol. The van der Waals surface area contributed by atoms with E-state index in [1.807, 2.05) is 13.8 Å². The number of anilines is 1. The Hall–Kier alpha value is -1.70. The van der Waals surface area contributed by atoms with Crippen LogP contribution in [0.3, 0.4) is 0 Å². The number of carbonyl (C=O) groups excluding carboxylic acids is 2. The van der Waals surface area contributed by atoms with E-state index in [-0.39, 0.29) is 22.4 Å². The first kappa shape index (κ1) is 17.7. The van der Waals surface area contributed by atoms with Gasteiger partial charge >= 0.3 is 0 Å². The SMILES string of the molecule is CC(C)C(NC(=O)c1ccc(Cl)cc1Cl)C(=O)Nc1nncs1. The monoisotopic (exact) mass is 372 g/mol. The minimum atomic E-state index is -0.738. The average Bonchev–Trinajstić information content (AvgIpc) is 2.96. The molecule has 0 fully saturated rings. The van der Waals surface area contributed by atoms with Crippen molar-refractivity contribution in [3.05, 3.63) is 39.3 Å². The summed E-state index contributed by atoms with van der Waals surface area (Å²) in [6, 6.07) is 3.82. The topological polar surface area (TPSA) is 84.0 Å². The van der Waals surface area contributed by atoms with Crippen molar-refractivity contribution >= 4 is 51.5 Å². The van der Waals surface area contributed by atoms with E-state index in [2.05, 4.69) is 20.8 Å². The van der Waals surface area contributed by atoms with Crippen LogP contribution in [-0.2, 0) is 4.79 Å². The van der Waals surface area contributed by atoms with E-state index < -0.39 is 11.9 Å². The molecule has 23 heavy (non-hydrogen) atoms. The van der Waals surface area contributed by atoms with E-state index in [0.29, 0.717) is 10.2 Å².